The molecule has 2 heterocycles. The molecular weight excluding hydrogens is 403 g/mol. The van der Waals surface area contributed by atoms with E-state index in [1.54, 1.807) is 12.1 Å². The van der Waals surface area contributed by atoms with E-state index in [0.717, 1.165) is 11.3 Å². The molecule has 1 aromatic heterocycles. The molecule has 2 aromatic carbocycles. The molecule has 0 radical (unpaired) electrons. The number of benzene rings is 2. The van der Waals surface area contributed by atoms with Gasteiger partial charge in [-0.05, 0) is 24.3 Å². The van der Waals surface area contributed by atoms with Gasteiger partial charge in [0.15, 0.2) is 5.16 Å². The predicted octanol–water partition coefficient (Wildman–Crippen LogP) is 3.02. The maximum absolute atomic E-state index is 13.1. The predicted molar refractivity (Wildman–Crippen MR) is 116 cm³/mol. The van der Waals surface area contributed by atoms with Crippen molar-refractivity contribution in [2.75, 3.05) is 36.8 Å². The summed E-state index contributed by atoms with van der Waals surface area (Å²) in [5, 5.41) is 0.430. The van der Waals surface area contributed by atoms with E-state index in [-0.39, 0.29) is 23.0 Å². The number of carbonyl (C=O) groups excluding carboxylic acids is 1. The van der Waals surface area contributed by atoms with Crippen molar-refractivity contribution in [2.45, 2.75) is 5.16 Å². The number of hydrogen-bond acceptors (Lipinski definition) is 5. The summed E-state index contributed by atoms with van der Waals surface area (Å²) < 4.78 is 13.1. The van der Waals surface area contributed by atoms with Gasteiger partial charge in [0.25, 0.3) is 5.56 Å². The number of halogens is 1. The van der Waals surface area contributed by atoms with E-state index < -0.39 is 0 Å². The first-order chi connectivity index (χ1) is 14.6. The fourth-order valence-electron chi connectivity index (χ4n) is 3.35. The summed E-state index contributed by atoms with van der Waals surface area (Å²) in [6, 6.07) is 17.3. The Balaban J connectivity index is 1.34. The highest BCUT2D eigenvalue weighted by atomic mass is 32.2. The lowest BCUT2D eigenvalue weighted by atomic mass is 10.1. The monoisotopic (exact) mass is 424 g/mol. The normalized spacial score (nSPS) is 14.0. The standard InChI is InChI=1S/C22H21FN4O2S/c23-17-6-8-18(9-7-17)26-10-12-27(13-11-26)21(29)15-30-22-24-19(14-20(28)25-22)16-4-2-1-3-5-16/h1-9,14H,10-13,15H2,(H,24,25,28). The highest BCUT2D eigenvalue weighted by Gasteiger charge is 2.21. The fraction of sp³-hybridized carbons (Fsp3) is 0.227. The molecule has 154 valence electrons. The first-order valence-electron chi connectivity index (χ1n) is 9.66. The van der Waals surface area contributed by atoms with E-state index in [0.29, 0.717) is 37.0 Å². The average Bonchev–Trinajstić information content (AvgIpc) is 2.78. The zero-order valence-electron chi connectivity index (χ0n) is 16.3. The van der Waals surface area contributed by atoms with E-state index >= 15 is 0 Å². The van der Waals surface area contributed by atoms with Gasteiger partial charge in [-0.1, -0.05) is 42.1 Å². The molecule has 0 unspecified atom stereocenters. The van der Waals surface area contributed by atoms with Gasteiger partial charge in [0.2, 0.25) is 5.91 Å². The van der Waals surface area contributed by atoms with Crippen molar-refractivity contribution in [3.63, 3.8) is 0 Å². The van der Waals surface area contributed by atoms with E-state index in [4.69, 9.17) is 0 Å². The van der Waals surface area contributed by atoms with Crippen LogP contribution in [0.5, 0.6) is 0 Å². The zero-order valence-corrected chi connectivity index (χ0v) is 17.1. The van der Waals surface area contributed by atoms with Gasteiger partial charge in [-0.3, -0.25) is 9.59 Å². The minimum Gasteiger partial charge on any atom is -0.368 e. The molecule has 0 atom stereocenters. The number of H-pyrrole nitrogens is 1. The van der Waals surface area contributed by atoms with Crippen LogP contribution in [0.4, 0.5) is 10.1 Å². The summed E-state index contributed by atoms with van der Waals surface area (Å²) in [5.74, 6) is -0.0448. The molecule has 1 N–H and O–H groups in total. The Hall–Kier alpha value is -3.13. The Morgan fingerprint density at radius 1 is 1.03 bits per heavy atom. The zero-order chi connectivity index (χ0) is 20.9. The second kappa shape index (κ2) is 9.13. The largest absolute Gasteiger partial charge is 0.368 e. The molecule has 1 amide bonds. The number of thioether (sulfide) groups is 1. The highest BCUT2D eigenvalue weighted by Crippen LogP contribution is 2.20. The summed E-state index contributed by atoms with van der Waals surface area (Å²) in [6.45, 7) is 2.59. The highest BCUT2D eigenvalue weighted by molar-refractivity contribution is 7.99. The minimum atomic E-state index is -0.257. The molecule has 4 rings (SSSR count). The number of aromatic nitrogens is 2. The number of hydrogen-bond donors (Lipinski definition) is 1. The second-order valence-electron chi connectivity index (χ2n) is 6.93. The fourth-order valence-corrected chi connectivity index (χ4v) is 4.13. The second-order valence-corrected chi connectivity index (χ2v) is 7.90. The van der Waals surface area contributed by atoms with Crippen LogP contribution in [0, 0.1) is 5.82 Å². The first-order valence-corrected chi connectivity index (χ1v) is 10.6. The van der Waals surface area contributed by atoms with E-state index in [9.17, 15) is 14.0 Å². The Bertz CT molecular complexity index is 1060. The van der Waals surface area contributed by atoms with Gasteiger partial charge in [-0.25, -0.2) is 9.37 Å². The lowest BCUT2D eigenvalue weighted by molar-refractivity contribution is -0.128. The first kappa shape index (κ1) is 20.2. The SMILES string of the molecule is O=C(CSc1nc(-c2ccccc2)cc(=O)[nH]1)N1CCN(c2ccc(F)cc2)CC1. The van der Waals surface area contributed by atoms with E-state index in [1.165, 1.54) is 30.0 Å². The minimum absolute atomic E-state index is 0.00604. The van der Waals surface area contributed by atoms with Gasteiger partial charge in [0.1, 0.15) is 5.82 Å². The van der Waals surface area contributed by atoms with Crippen molar-refractivity contribution in [2.24, 2.45) is 0 Å². The number of carbonyl (C=O) groups is 1. The van der Waals surface area contributed by atoms with Gasteiger partial charge in [-0.2, -0.15) is 0 Å². The molecule has 3 aromatic rings. The Morgan fingerprint density at radius 2 is 1.73 bits per heavy atom. The smallest absolute Gasteiger partial charge is 0.252 e. The maximum atomic E-state index is 13.1. The van der Waals surface area contributed by atoms with Crippen molar-refractivity contribution >= 4 is 23.4 Å². The number of rotatable bonds is 5. The van der Waals surface area contributed by atoms with Crippen LogP contribution < -0.4 is 10.5 Å². The van der Waals surface area contributed by atoms with Crippen LogP contribution in [-0.4, -0.2) is 52.7 Å². The Kier molecular flexibility index (Phi) is 6.13. The number of nitrogens with zero attached hydrogens (tertiary/aromatic N) is 3. The topological polar surface area (TPSA) is 69.3 Å². The molecule has 0 aliphatic carbocycles. The van der Waals surface area contributed by atoms with E-state index in [2.05, 4.69) is 14.9 Å². The average molecular weight is 425 g/mol. The quantitative estimate of drug-likeness (QED) is 0.504. The van der Waals surface area contributed by atoms with Crippen molar-refractivity contribution in [1.29, 1.82) is 0 Å². The lowest BCUT2D eigenvalue weighted by Gasteiger charge is -2.36. The molecule has 0 saturated carbocycles. The van der Waals surface area contributed by atoms with Crippen LogP contribution in [0.1, 0.15) is 0 Å². The summed E-state index contributed by atoms with van der Waals surface area (Å²) in [6.07, 6.45) is 0. The molecule has 1 aliphatic rings. The summed E-state index contributed by atoms with van der Waals surface area (Å²) in [5.41, 5.74) is 2.15. The summed E-state index contributed by atoms with van der Waals surface area (Å²) in [4.78, 5) is 35.7. The Labute approximate surface area is 177 Å². The summed E-state index contributed by atoms with van der Waals surface area (Å²) >= 11 is 1.23. The molecule has 8 heteroatoms. The Morgan fingerprint density at radius 3 is 2.43 bits per heavy atom. The maximum Gasteiger partial charge on any atom is 0.252 e. The van der Waals surface area contributed by atoms with Crippen LogP contribution in [-0.2, 0) is 4.79 Å². The molecule has 30 heavy (non-hydrogen) atoms. The molecular formula is C22H21FN4O2S. The van der Waals surface area contributed by atoms with Gasteiger partial charge < -0.3 is 14.8 Å². The van der Waals surface area contributed by atoms with Crippen LogP contribution in [0.25, 0.3) is 11.3 Å². The molecule has 1 fully saturated rings. The lowest BCUT2D eigenvalue weighted by Crippen LogP contribution is -2.49. The van der Waals surface area contributed by atoms with Gasteiger partial charge in [0.05, 0.1) is 11.4 Å². The molecule has 6 nitrogen and oxygen atoms in total. The van der Waals surface area contributed by atoms with Gasteiger partial charge in [-0.15, -0.1) is 0 Å². The molecule has 1 saturated heterocycles. The third-order valence-corrected chi connectivity index (χ3v) is 5.80. The van der Waals surface area contributed by atoms with Crippen LogP contribution >= 0.6 is 11.8 Å². The van der Waals surface area contributed by atoms with Crippen LogP contribution in [0.2, 0.25) is 0 Å². The molecule has 1 aliphatic heterocycles. The van der Waals surface area contributed by atoms with Gasteiger partial charge in [0, 0.05) is 43.5 Å². The van der Waals surface area contributed by atoms with Crippen molar-refractivity contribution in [3.05, 3.63) is 76.8 Å². The molecule has 0 spiro atoms. The summed E-state index contributed by atoms with van der Waals surface area (Å²) in [7, 11) is 0. The third kappa shape index (κ3) is 4.88. The molecule has 0 bridgehead atoms. The van der Waals surface area contributed by atoms with Crippen molar-refractivity contribution in [1.82, 2.24) is 14.9 Å². The number of amides is 1. The van der Waals surface area contributed by atoms with Gasteiger partial charge >= 0.3 is 0 Å². The number of piperazine rings is 1. The van der Waals surface area contributed by atoms with Crippen molar-refractivity contribution < 1.29 is 9.18 Å². The van der Waals surface area contributed by atoms with Crippen molar-refractivity contribution in [3.8, 4) is 11.3 Å². The number of anilines is 1. The third-order valence-electron chi connectivity index (χ3n) is 4.95. The van der Waals surface area contributed by atoms with Crippen LogP contribution in [0.3, 0.4) is 0 Å². The number of aromatic amines is 1. The van der Waals surface area contributed by atoms with E-state index in [1.807, 2.05) is 35.2 Å². The van der Waals surface area contributed by atoms with Crippen LogP contribution in [0.15, 0.2) is 70.6 Å². The number of nitrogens with one attached hydrogen (secondary N) is 1.